The van der Waals surface area contributed by atoms with Crippen LogP contribution < -0.4 is 0 Å². The van der Waals surface area contributed by atoms with Crippen molar-refractivity contribution in [1.29, 1.82) is 0 Å². The molecule has 99 heavy (non-hydrogen) atoms. The lowest BCUT2D eigenvalue weighted by Gasteiger charge is -2.21. The molecule has 0 aromatic rings. The molecule has 0 amide bonds. The van der Waals surface area contributed by atoms with Gasteiger partial charge < -0.3 is 33.8 Å². The molecule has 0 aliphatic carbocycles. The minimum absolute atomic E-state index is 0.106. The molecule has 17 nitrogen and oxygen atoms in total. The van der Waals surface area contributed by atoms with Crippen molar-refractivity contribution in [1.82, 2.24) is 0 Å². The number of hydrogen-bond acceptors (Lipinski definition) is 15. The van der Waals surface area contributed by atoms with E-state index >= 15 is 0 Å². The third kappa shape index (κ3) is 74.1. The lowest BCUT2D eigenvalue weighted by molar-refractivity contribution is -0.161. The quantitative estimate of drug-likeness (QED) is 0.0222. The van der Waals surface area contributed by atoms with Crippen LogP contribution in [0.2, 0.25) is 0 Å². The van der Waals surface area contributed by atoms with Gasteiger partial charge >= 0.3 is 39.5 Å². The van der Waals surface area contributed by atoms with Gasteiger partial charge in [0, 0.05) is 25.7 Å². The molecule has 0 heterocycles. The SMILES string of the molecule is CCCCCCCCCCCCCCCCCCCC(=O)OC[C@H](COP(=O)(O)OC[C@@H](O)COP(=O)(O)OC[C@@H](COC(=O)CCCCCCCCCC(C)C)OC(=O)CCCCCCCCCCCCC)OC(=O)CCCCCCCCCCCCCCCCCCCCC(C)C. The molecular weight excluding hydrogens is 1290 g/mol. The summed E-state index contributed by atoms with van der Waals surface area (Å²) in [6.45, 7) is 9.60. The van der Waals surface area contributed by atoms with Crippen molar-refractivity contribution in [2.24, 2.45) is 11.8 Å². The maximum absolute atomic E-state index is 13.1. The zero-order valence-corrected chi connectivity index (χ0v) is 66.6. The first-order valence-electron chi connectivity index (χ1n) is 41.5. The van der Waals surface area contributed by atoms with Crippen LogP contribution in [-0.2, 0) is 65.4 Å². The Morgan fingerprint density at radius 3 is 0.687 bits per heavy atom. The topological polar surface area (TPSA) is 237 Å². The number of carbonyl (C=O) groups is 4. The summed E-state index contributed by atoms with van der Waals surface area (Å²) in [5.41, 5.74) is 0. The number of phosphoric acid groups is 2. The lowest BCUT2D eigenvalue weighted by atomic mass is 10.0. The van der Waals surface area contributed by atoms with Gasteiger partial charge in [0.05, 0.1) is 26.4 Å². The zero-order chi connectivity index (χ0) is 72.8. The van der Waals surface area contributed by atoms with E-state index in [2.05, 4.69) is 41.5 Å². The second-order valence-electron chi connectivity index (χ2n) is 29.8. The van der Waals surface area contributed by atoms with E-state index in [0.717, 1.165) is 102 Å². The molecule has 0 spiro atoms. The average molecular weight is 1450 g/mol. The molecule has 0 radical (unpaired) electrons. The van der Waals surface area contributed by atoms with Crippen molar-refractivity contribution in [3.05, 3.63) is 0 Å². The Morgan fingerprint density at radius 1 is 0.273 bits per heavy atom. The number of carbonyl (C=O) groups excluding carboxylic acids is 4. The molecule has 588 valence electrons. The predicted molar refractivity (Wildman–Crippen MR) is 405 cm³/mol. The molecule has 0 saturated carbocycles. The molecule has 2 unspecified atom stereocenters. The molecule has 0 fully saturated rings. The van der Waals surface area contributed by atoms with Gasteiger partial charge in [0.15, 0.2) is 12.2 Å². The highest BCUT2D eigenvalue weighted by Crippen LogP contribution is 2.45. The van der Waals surface area contributed by atoms with Gasteiger partial charge in [-0.2, -0.15) is 0 Å². The Bertz CT molecular complexity index is 1910. The molecule has 0 aliphatic heterocycles. The maximum atomic E-state index is 13.1. The average Bonchev–Trinajstić information content (AvgIpc) is 0.979. The first-order chi connectivity index (χ1) is 47.9. The maximum Gasteiger partial charge on any atom is 0.472 e. The number of hydrogen-bond donors (Lipinski definition) is 3. The van der Waals surface area contributed by atoms with E-state index < -0.39 is 97.5 Å². The highest BCUT2D eigenvalue weighted by atomic mass is 31.2. The van der Waals surface area contributed by atoms with E-state index in [0.29, 0.717) is 31.6 Å². The minimum atomic E-state index is -4.96. The standard InChI is InChI=1S/C80H156O17P2/c1-7-9-11-13-15-17-19-20-21-24-28-31-35-38-44-50-56-62-77(82)90-68-75(96-80(85)65-59-53-46-40-36-32-29-26-23-22-25-27-30-34-37-42-48-54-60-72(3)4)70-94-98(86,87)92-66-74(81)67-93-99(88,89)95-71-76(69-91-78(83)63-57-51-47-41-43-49-55-61-73(5)6)97-79(84)64-58-52-45-39-33-18-16-14-12-10-8-2/h72-76,81H,7-71H2,1-6H3,(H,86,87)(H,88,89)/t74-,75-,76-/m1/s1. The van der Waals surface area contributed by atoms with Crippen molar-refractivity contribution >= 4 is 39.5 Å². The van der Waals surface area contributed by atoms with Gasteiger partial charge in [-0.05, 0) is 37.5 Å². The van der Waals surface area contributed by atoms with Crippen LogP contribution in [-0.4, -0.2) is 96.7 Å². The minimum Gasteiger partial charge on any atom is -0.462 e. The van der Waals surface area contributed by atoms with Gasteiger partial charge in [0.25, 0.3) is 0 Å². The van der Waals surface area contributed by atoms with Gasteiger partial charge in [0.2, 0.25) is 0 Å². The molecule has 0 bridgehead atoms. The van der Waals surface area contributed by atoms with Crippen molar-refractivity contribution < 1.29 is 80.2 Å². The predicted octanol–water partition coefficient (Wildman–Crippen LogP) is 23.9. The van der Waals surface area contributed by atoms with E-state index in [1.807, 2.05) is 0 Å². The molecule has 0 aliphatic rings. The second-order valence-corrected chi connectivity index (χ2v) is 32.7. The molecule has 0 saturated heterocycles. The van der Waals surface area contributed by atoms with Crippen LogP contribution in [0.3, 0.4) is 0 Å². The van der Waals surface area contributed by atoms with Crippen LogP contribution in [0.4, 0.5) is 0 Å². The van der Waals surface area contributed by atoms with Crippen LogP contribution in [0.5, 0.6) is 0 Å². The number of rotatable bonds is 79. The molecule has 0 rings (SSSR count). The summed E-state index contributed by atoms with van der Waals surface area (Å²) in [7, 11) is -9.91. The van der Waals surface area contributed by atoms with Crippen molar-refractivity contribution in [2.45, 2.75) is 439 Å². The summed E-state index contributed by atoms with van der Waals surface area (Å²) in [6, 6.07) is 0. The van der Waals surface area contributed by atoms with Crippen molar-refractivity contribution in [3.63, 3.8) is 0 Å². The summed E-state index contributed by atoms with van der Waals surface area (Å²) in [6.07, 6.45) is 61.2. The molecule has 5 atom stereocenters. The Morgan fingerprint density at radius 2 is 0.465 bits per heavy atom. The van der Waals surface area contributed by atoms with Crippen molar-refractivity contribution in [2.75, 3.05) is 39.6 Å². The molecule has 3 N–H and O–H groups in total. The van der Waals surface area contributed by atoms with Crippen molar-refractivity contribution in [3.8, 4) is 0 Å². The number of unbranched alkanes of at least 4 members (excludes halogenated alkanes) is 49. The lowest BCUT2D eigenvalue weighted by Crippen LogP contribution is -2.30. The van der Waals surface area contributed by atoms with Crippen LogP contribution in [0, 0.1) is 11.8 Å². The third-order valence-electron chi connectivity index (χ3n) is 18.7. The van der Waals surface area contributed by atoms with Gasteiger partial charge in [-0.25, -0.2) is 9.13 Å². The van der Waals surface area contributed by atoms with E-state index in [1.54, 1.807) is 0 Å². The van der Waals surface area contributed by atoms with Gasteiger partial charge in [-0.1, -0.05) is 369 Å². The Labute approximate surface area is 607 Å². The summed E-state index contributed by atoms with van der Waals surface area (Å²) in [5, 5.41) is 10.6. The van der Waals surface area contributed by atoms with Gasteiger partial charge in [-0.3, -0.25) is 37.3 Å². The number of phosphoric ester groups is 2. The molecule has 0 aromatic heterocycles. The highest BCUT2D eigenvalue weighted by Gasteiger charge is 2.30. The van der Waals surface area contributed by atoms with Crippen LogP contribution >= 0.6 is 15.6 Å². The number of aliphatic hydroxyl groups excluding tert-OH is 1. The normalized spacial score (nSPS) is 13.9. The Hall–Kier alpha value is -1.94. The second kappa shape index (κ2) is 71.7. The van der Waals surface area contributed by atoms with Gasteiger partial charge in [0.1, 0.15) is 19.3 Å². The summed E-state index contributed by atoms with van der Waals surface area (Å²) in [5.74, 6) is -0.585. The first kappa shape index (κ1) is 97.1. The largest absolute Gasteiger partial charge is 0.472 e. The fourth-order valence-electron chi connectivity index (χ4n) is 12.4. The van der Waals surface area contributed by atoms with Crippen LogP contribution in [0.15, 0.2) is 0 Å². The molecule has 19 heteroatoms. The van der Waals surface area contributed by atoms with E-state index in [-0.39, 0.29) is 25.7 Å². The van der Waals surface area contributed by atoms with Crippen LogP contribution in [0.25, 0.3) is 0 Å². The van der Waals surface area contributed by atoms with E-state index in [4.69, 9.17) is 37.0 Å². The van der Waals surface area contributed by atoms with Crippen LogP contribution in [0.1, 0.15) is 420 Å². The third-order valence-corrected chi connectivity index (χ3v) is 20.6. The molecule has 0 aromatic carbocycles. The first-order valence-corrected chi connectivity index (χ1v) is 44.5. The number of ether oxygens (including phenoxy) is 4. The summed E-state index contributed by atoms with van der Waals surface area (Å²) in [4.78, 5) is 72.9. The summed E-state index contributed by atoms with van der Waals surface area (Å²) < 4.78 is 68.6. The Kier molecular flexibility index (Phi) is 70.3. The van der Waals surface area contributed by atoms with E-state index in [9.17, 15) is 43.2 Å². The smallest absolute Gasteiger partial charge is 0.462 e. The van der Waals surface area contributed by atoms with E-state index in [1.165, 1.54) is 231 Å². The monoisotopic (exact) mass is 1450 g/mol. The number of esters is 4. The summed E-state index contributed by atoms with van der Waals surface area (Å²) >= 11 is 0. The fraction of sp³-hybridized carbons (Fsp3) is 0.950. The molecular formula is C80H156O17P2. The Balaban J connectivity index is 5.20. The fourth-order valence-corrected chi connectivity index (χ4v) is 13.9. The van der Waals surface area contributed by atoms with Gasteiger partial charge in [-0.15, -0.1) is 0 Å². The number of aliphatic hydroxyl groups is 1. The highest BCUT2D eigenvalue weighted by molar-refractivity contribution is 7.47. The zero-order valence-electron chi connectivity index (χ0n) is 64.8.